The van der Waals surface area contributed by atoms with Crippen molar-refractivity contribution in [2.75, 3.05) is 32.1 Å². The van der Waals surface area contributed by atoms with Gasteiger partial charge in [-0.05, 0) is 62.4 Å². The summed E-state index contributed by atoms with van der Waals surface area (Å²) in [4.78, 5) is 14.2. The van der Waals surface area contributed by atoms with E-state index in [9.17, 15) is 4.79 Å². The Balaban J connectivity index is 1.71. The lowest BCUT2D eigenvalue weighted by Crippen LogP contribution is -2.43. The van der Waals surface area contributed by atoms with E-state index in [1.54, 1.807) is 6.07 Å². The molecule has 0 bridgehead atoms. The van der Waals surface area contributed by atoms with Crippen molar-refractivity contribution in [1.82, 2.24) is 4.90 Å². The van der Waals surface area contributed by atoms with E-state index >= 15 is 0 Å². The number of rotatable bonds is 6. The predicted octanol–water partition coefficient (Wildman–Crippen LogP) is 4.01. The number of ether oxygens (including phenoxy) is 2. The molecule has 2 aliphatic rings. The first kappa shape index (κ1) is 19.8. The third-order valence-corrected chi connectivity index (χ3v) is 5.53. The number of hydrogen-bond donors (Lipinski definition) is 1. The molecule has 0 saturated carbocycles. The maximum atomic E-state index is 12.0. The molecule has 1 heterocycles. The van der Waals surface area contributed by atoms with Crippen LogP contribution in [-0.4, -0.2) is 48.9 Å². The van der Waals surface area contributed by atoms with Crippen LogP contribution in [0.3, 0.4) is 0 Å². The third-order valence-electron chi connectivity index (χ3n) is 5.17. The van der Waals surface area contributed by atoms with Crippen LogP contribution in [0.25, 0.3) is 0 Å². The van der Waals surface area contributed by atoms with Gasteiger partial charge in [-0.25, -0.2) is 4.79 Å². The number of allylic oxidation sites excluding steroid dienone is 2. The average molecular weight is 389 g/mol. The summed E-state index contributed by atoms with van der Waals surface area (Å²) >= 11 is 5.73. The molecule has 1 N–H and O–H groups in total. The Morgan fingerprint density at radius 2 is 2.15 bits per heavy atom. The van der Waals surface area contributed by atoms with Gasteiger partial charge in [0.25, 0.3) is 0 Å². The molecule has 0 aromatic heterocycles. The maximum absolute atomic E-state index is 12.0. The van der Waals surface area contributed by atoms with Crippen molar-refractivity contribution in [3.05, 3.63) is 42.0 Å². The molecule has 0 spiro atoms. The number of methoxy groups -OCH3 is 1. The van der Waals surface area contributed by atoms with Crippen molar-refractivity contribution in [3.63, 3.8) is 0 Å². The molecule has 5 nitrogen and oxygen atoms in total. The molecule has 3 rings (SSSR count). The number of nitrogens with one attached hydrogen (secondary N) is 1. The zero-order valence-electron chi connectivity index (χ0n) is 15.9. The molecule has 0 radical (unpaired) electrons. The molecule has 0 amide bonds. The molecule has 0 unspecified atom stereocenters. The van der Waals surface area contributed by atoms with Crippen LogP contribution < -0.4 is 5.32 Å². The van der Waals surface area contributed by atoms with E-state index in [-0.39, 0.29) is 12.1 Å². The van der Waals surface area contributed by atoms with Gasteiger partial charge < -0.3 is 19.7 Å². The molecular formula is C21H28N2O3S. The van der Waals surface area contributed by atoms with Gasteiger partial charge >= 0.3 is 5.97 Å². The van der Waals surface area contributed by atoms with Gasteiger partial charge in [-0.15, -0.1) is 0 Å². The van der Waals surface area contributed by atoms with Gasteiger partial charge in [0.15, 0.2) is 5.11 Å². The predicted molar refractivity (Wildman–Crippen MR) is 111 cm³/mol. The lowest BCUT2D eigenvalue weighted by Gasteiger charge is -2.32. The highest BCUT2D eigenvalue weighted by atomic mass is 32.1. The minimum atomic E-state index is -0.371. The van der Waals surface area contributed by atoms with Gasteiger partial charge in [0.05, 0.1) is 24.5 Å². The van der Waals surface area contributed by atoms with Gasteiger partial charge in [-0.2, -0.15) is 0 Å². The van der Waals surface area contributed by atoms with E-state index in [0.717, 1.165) is 45.4 Å². The summed E-state index contributed by atoms with van der Waals surface area (Å²) < 4.78 is 10.7. The number of carbonyl (C=O) groups excluding carboxylic acids is 1. The number of benzene rings is 1. The van der Waals surface area contributed by atoms with Crippen LogP contribution in [0.15, 0.2) is 36.4 Å². The standard InChI is InChI=1S/C21H28N2O3S/c1-25-20(24)18-11-5-6-12-19(18)22-21(27)23(15-17-10-7-13-26-17)14-16-8-3-2-4-9-16/h2-3,5-6,11-12,16-17H,4,7-10,13-15H2,1H3,(H,22,27)/t16-,17-/m0/s1. The van der Waals surface area contributed by atoms with Crippen molar-refractivity contribution >= 4 is 29.0 Å². The van der Waals surface area contributed by atoms with E-state index in [2.05, 4.69) is 22.4 Å². The summed E-state index contributed by atoms with van der Waals surface area (Å²) in [5, 5.41) is 3.91. The zero-order valence-corrected chi connectivity index (χ0v) is 16.7. The molecule has 2 atom stereocenters. The second-order valence-corrected chi connectivity index (χ2v) is 7.54. The Morgan fingerprint density at radius 1 is 1.30 bits per heavy atom. The lowest BCUT2D eigenvalue weighted by molar-refractivity contribution is 0.0602. The van der Waals surface area contributed by atoms with Gasteiger partial charge in [0.2, 0.25) is 0 Å². The van der Waals surface area contributed by atoms with E-state index in [0.29, 0.717) is 22.3 Å². The van der Waals surface area contributed by atoms with Crippen molar-refractivity contribution in [1.29, 1.82) is 0 Å². The Labute approximate surface area is 166 Å². The minimum absolute atomic E-state index is 0.222. The lowest BCUT2D eigenvalue weighted by atomic mass is 9.94. The number of hydrogen-bond acceptors (Lipinski definition) is 4. The average Bonchev–Trinajstić information content (AvgIpc) is 3.21. The van der Waals surface area contributed by atoms with E-state index in [1.165, 1.54) is 13.5 Å². The molecule has 6 heteroatoms. The Bertz CT molecular complexity index is 686. The largest absolute Gasteiger partial charge is 0.465 e. The molecule has 1 fully saturated rings. The smallest absolute Gasteiger partial charge is 0.339 e. The molecule has 1 saturated heterocycles. The fourth-order valence-corrected chi connectivity index (χ4v) is 3.94. The van der Waals surface area contributed by atoms with Crippen molar-refractivity contribution < 1.29 is 14.3 Å². The van der Waals surface area contributed by atoms with Crippen LogP contribution in [0.1, 0.15) is 42.5 Å². The highest BCUT2D eigenvalue weighted by molar-refractivity contribution is 7.80. The highest BCUT2D eigenvalue weighted by Crippen LogP contribution is 2.23. The number of para-hydroxylation sites is 1. The Kier molecular flexibility index (Phi) is 7.24. The van der Waals surface area contributed by atoms with E-state index in [1.807, 2.05) is 18.2 Å². The number of carbonyl (C=O) groups is 1. The van der Waals surface area contributed by atoms with Crippen LogP contribution in [0, 0.1) is 5.92 Å². The van der Waals surface area contributed by atoms with Crippen LogP contribution >= 0.6 is 12.2 Å². The summed E-state index contributed by atoms with van der Waals surface area (Å²) in [5.41, 5.74) is 1.16. The Hall–Kier alpha value is -1.92. The van der Waals surface area contributed by atoms with Gasteiger partial charge in [0.1, 0.15) is 0 Å². The van der Waals surface area contributed by atoms with Gasteiger partial charge in [-0.1, -0.05) is 24.3 Å². The zero-order chi connectivity index (χ0) is 19.1. The highest BCUT2D eigenvalue weighted by Gasteiger charge is 2.24. The quantitative estimate of drug-likeness (QED) is 0.451. The summed E-state index contributed by atoms with van der Waals surface area (Å²) in [6.45, 7) is 2.51. The number of thiocarbonyl (C=S) groups is 1. The topological polar surface area (TPSA) is 50.8 Å². The fourth-order valence-electron chi connectivity index (χ4n) is 3.68. The van der Waals surface area contributed by atoms with Crippen LogP contribution in [0.4, 0.5) is 5.69 Å². The second kappa shape index (κ2) is 9.85. The minimum Gasteiger partial charge on any atom is -0.465 e. The Morgan fingerprint density at radius 3 is 2.85 bits per heavy atom. The van der Waals surface area contributed by atoms with Crippen molar-refractivity contribution in [3.8, 4) is 0 Å². The monoisotopic (exact) mass is 388 g/mol. The molecule has 1 aromatic rings. The van der Waals surface area contributed by atoms with Gasteiger partial charge in [-0.3, -0.25) is 0 Å². The third kappa shape index (κ3) is 5.53. The summed E-state index contributed by atoms with van der Waals surface area (Å²) in [5.74, 6) is 0.219. The first-order valence-corrected chi connectivity index (χ1v) is 10.1. The second-order valence-electron chi connectivity index (χ2n) is 7.16. The summed E-state index contributed by atoms with van der Waals surface area (Å²) in [6.07, 6.45) is 10.3. The molecule has 1 aromatic carbocycles. The molecule has 27 heavy (non-hydrogen) atoms. The van der Waals surface area contributed by atoms with Crippen molar-refractivity contribution in [2.24, 2.45) is 5.92 Å². The first-order chi connectivity index (χ1) is 13.2. The summed E-state index contributed by atoms with van der Waals surface area (Å²) in [7, 11) is 1.39. The number of esters is 1. The van der Waals surface area contributed by atoms with Crippen molar-refractivity contribution in [2.45, 2.75) is 38.2 Å². The van der Waals surface area contributed by atoms with E-state index < -0.39 is 0 Å². The number of anilines is 1. The van der Waals surface area contributed by atoms with Gasteiger partial charge in [0, 0.05) is 19.7 Å². The number of nitrogens with zero attached hydrogens (tertiary/aromatic N) is 1. The molecular weight excluding hydrogens is 360 g/mol. The van der Waals surface area contributed by atoms with E-state index in [4.69, 9.17) is 21.7 Å². The molecule has 146 valence electrons. The molecule has 1 aliphatic heterocycles. The maximum Gasteiger partial charge on any atom is 0.339 e. The van der Waals surface area contributed by atoms with Crippen LogP contribution in [0.2, 0.25) is 0 Å². The normalized spacial score (nSPS) is 21.7. The first-order valence-electron chi connectivity index (χ1n) is 9.67. The SMILES string of the molecule is COC(=O)c1ccccc1NC(=S)N(C[C@H]1CC=CCC1)C[C@@H]1CCCO1. The van der Waals surface area contributed by atoms with Crippen LogP contribution in [0.5, 0.6) is 0 Å². The summed E-state index contributed by atoms with van der Waals surface area (Å²) in [6, 6.07) is 7.30. The van der Waals surface area contributed by atoms with Crippen LogP contribution in [-0.2, 0) is 9.47 Å². The fraction of sp³-hybridized carbons (Fsp3) is 0.524. The molecule has 1 aliphatic carbocycles.